The predicted molar refractivity (Wildman–Crippen MR) is 35.7 cm³/mol. The van der Waals surface area contributed by atoms with Gasteiger partial charge in [-0.1, -0.05) is 0 Å². The fourth-order valence-electron chi connectivity index (χ4n) is 0.0745. The number of thiol groups is 2. The molecule has 2 N–H and O–H groups in total. The molecule has 0 spiro atoms. The topological polar surface area (TPSA) is 26.0 Å². The molecular weight excluding hydrogens is 114 g/mol. The van der Waals surface area contributed by atoms with Gasteiger partial charge in [0, 0.05) is 17.5 Å². The van der Waals surface area contributed by atoms with E-state index >= 15 is 0 Å². The van der Waals surface area contributed by atoms with Gasteiger partial charge in [-0.2, -0.15) is 25.3 Å². The van der Waals surface area contributed by atoms with Crippen LogP contribution in [-0.4, -0.2) is 17.5 Å². The van der Waals surface area contributed by atoms with Crippen molar-refractivity contribution in [1.29, 1.82) is 0 Å². The third-order valence-electron chi connectivity index (χ3n) is 0.483. The van der Waals surface area contributed by atoms with E-state index in [9.17, 15) is 0 Å². The summed E-state index contributed by atoms with van der Waals surface area (Å²) in [5, 5.41) is 0.272. The van der Waals surface area contributed by atoms with Gasteiger partial charge in [-0.3, -0.25) is 0 Å². The van der Waals surface area contributed by atoms with E-state index < -0.39 is 0 Å². The summed E-state index contributed by atoms with van der Waals surface area (Å²) in [5.74, 6) is 0.764. The number of nitrogens with two attached hydrogens (primary N) is 1. The van der Waals surface area contributed by atoms with Crippen LogP contribution in [0.25, 0.3) is 0 Å². The summed E-state index contributed by atoms with van der Waals surface area (Å²) in [4.78, 5) is 0. The van der Waals surface area contributed by atoms with Gasteiger partial charge in [0.2, 0.25) is 0 Å². The lowest BCUT2D eigenvalue weighted by Crippen LogP contribution is -2.14. The van der Waals surface area contributed by atoms with Crippen molar-refractivity contribution in [2.24, 2.45) is 5.73 Å². The first-order chi connectivity index (χ1) is 2.81. The summed E-state index contributed by atoms with van der Waals surface area (Å²) in [5.41, 5.74) is 5.16. The standard InChI is InChI=1S/C3H9NS2/c4-1-3(6)2-5/h3,5-6H,1-2,4H2. The highest BCUT2D eigenvalue weighted by Crippen LogP contribution is 1.91. The highest BCUT2D eigenvalue weighted by molar-refractivity contribution is 7.84. The molecule has 6 heavy (non-hydrogen) atoms. The first-order valence-electron chi connectivity index (χ1n) is 1.80. The zero-order valence-corrected chi connectivity index (χ0v) is 5.25. The second-order valence-corrected chi connectivity index (χ2v) is 2.17. The molecule has 3 heteroatoms. The predicted octanol–water partition coefficient (Wildman–Crippen LogP) is 0.173. The van der Waals surface area contributed by atoms with E-state index in [4.69, 9.17) is 5.73 Å². The van der Waals surface area contributed by atoms with Crippen LogP contribution in [0.2, 0.25) is 0 Å². The minimum Gasteiger partial charge on any atom is -0.329 e. The highest BCUT2D eigenvalue weighted by atomic mass is 32.1. The smallest absolute Gasteiger partial charge is 0.0228 e. The van der Waals surface area contributed by atoms with E-state index in [2.05, 4.69) is 25.3 Å². The molecular formula is C3H9NS2. The molecule has 0 aromatic heterocycles. The van der Waals surface area contributed by atoms with Gasteiger partial charge in [0.15, 0.2) is 0 Å². The van der Waals surface area contributed by atoms with Gasteiger partial charge in [-0.25, -0.2) is 0 Å². The molecule has 0 amide bonds. The van der Waals surface area contributed by atoms with E-state index in [-0.39, 0.29) is 5.25 Å². The van der Waals surface area contributed by atoms with E-state index in [1.54, 1.807) is 0 Å². The van der Waals surface area contributed by atoms with E-state index in [1.165, 1.54) is 0 Å². The van der Waals surface area contributed by atoms with Gasteiger partial charge < -0.3 is 5.73 Å². The molecule has 0 saturated heterocycles. The lowest BCUT2D eigenvalue weighted by Gasteiger charge is -1.97. The monoisotopic (exact) mass is 123 g/mol. The number of hydrogen-bond acceptors (Lipinski definition) is 3. The Bertz CT molecular complexity index is 28.0. The van der Waals surface area contributed by atoms with Gasteiger partial charge in [0.1, 0.15) is 0 Å². The van der Waals surface area contributed by atoms with Crippen LogP contribution in [0.15, 0.2) is 0 Å². The van der Waals surface area contributed by atoms with Crippen LogP contribution in [0, 0.1) is 0 Å². The van der Waals surface area contributed by atoms with Crippen molar-refractivity contribution in [1.82, 2.24) is 0 Å². The Balaban J connectivity index is 2.75. The zero-order valence-electron chi connectivity index (χ0n) is 3.46. The maximum absolute atomic E-state index is 5.16. The van der Waals surface area contributed by atoms with Crippen molar-refractivity contribution in [3.63, 3.8) is 0 Å². The average Bonchev–Trinajstić information content (AvgIpc) is 1.65. The molecule has 0 aromatic rings. The Labute approximate surface area is 49.1 Å². The highest BCUT2D eigenvalue weighted by Gasteiger charge is 1.90. The van der Waals surface area contributed by atoms with Crippen molar-refractivity contribution in [3.8, 4) is 0 Å². The van der Waals surface area contributed by atoms with Crippen molar-refractivity contribution < 1.29 is 0 Å². The van der Waals surface area contributed by atoms with Crippen LogP contribution in [0.5, 0.6) is 0 Å². The van der Waals surface area contributed by atoms with E-state index in [0.717, 1.165) is 5.75 Å². The largest absolute Gasteiger partial charge is 0.329 e. The molecule has 0 fully saturated rings. The maximum atomic E-state index is 5.16. The fraction of sp³-hybridized carbons (Fsp3) is 1.00. The molecule has 1 nitrogen and oxygen atoms in total. The lowest BCUT2D eigenvalue weighted by atomic mass is 10.5. The summed E-state index contributed by atoms with van der Waals surface area (Å²) < 4.78 is 0. The molecule has 0 saturated carbocycles. The Morgan fingerprint density at radius 1 is 1.67 bits per heavy atom. The molecule has 0 bridgehead atoms. The van der Waals surface area contributed by atoms with Gasteiger partial charge in [-0.15, -0.1) is 0 Å². The van der Waals surface area contributed by atoms with Crippen molar-refractivity contribution in [2.75, 3.05) is 12.3 Å². The minimum atomic E-state index is 0.272. The van der Waals surface area contributed by atoms with E-state index in [1.807, 2.05) is 0 Å². The van der Waals surface area contributed by atoms with Crippen LogP contribution in [-0.2, 0) is 0 Å². The van der Waals surface area contributed by atoms with Gasteiger partial charge in [0.25, 0.3) is 0 Å². The SMILES string of the molecule is NCC(S)CS. The molecule has 0 radical (unpaired) electrons. The number of rotatable bonds is 2. The van der Waals surface area contributed by atoms with Crippen molar-refractivity contribution in [3.05, 3.63) is 0 Å². The summed E-state index contributed by atoms with van der Waals surface area (Å²) in [7, 11) is 0. The summed E-state index contributed by atoms with van der Waals surface area (Å²) in [6.45, 7) is 0.618. The van der Waals surface area contributed by atoms with Crippen molar-refractivity contribution in [2.45, 2.75) is 5.25 Å². The summed E-state index contributed by atoms with van der Waals surface area (Å²) in [6, 6.07) is 0. The van der Waals surface area contributed by atoms with Crippen LogP contribution in [0.4, 0.5) is 0 Å². The maximum Gasteiger partial charge on any atom is 0.0228 e. The van der Waals surface area contributed by atoms with Crippen molar-refractivity contribution >= 4 is 25.3 Å². The molecule has 0 aliphatic rings. The molecule has 0 rings (SSSR count). The quantitative estimate of drug-likeness (QED) is 0.448. The molecule has 0 aliphatic heterocycles. The third-order valence-corrected chi connectivity index (χ3v) is 1.61. The normalized spacial score (nSPS) is 14.5. The average molecular weight is 123 g/mol. The van der Waals surface area contributed by atoms with Crippen LogP contribution < -0.4 is 5.73 Å². The first-order valence-corrected chi connectivity index (χ1v) is 2.95. The van der Waals surface area contributed by atoms with Crippen LogP contribution in [0.3, 0.4) is 0 Å². The Morgan fingerprint density at radius 3 is 2.17 bits per heavy atom. The molecule has 0 heterocycles. The van der Waals surface area contributed by atoms with E-state index in [0.29, 0.717) is 6.54 Å². The fourth-order valence-corrected chi connectivity index (χ4v) is 0.224. The molecule has 0 aromatic carbocycles. The Kier molecular flexibility index (Phi) is 4.26. The zero-order chi connectivity index (χ0) is 4.99. The first kappa shape index (κ1) is 6.66. The third kappa shape index (κ3) is 2.87. The van der Waals surface area contributed by atoms with Crippen LogP contribution in [0.1, 0.15) is 0 Å². The lowest BCUT2D eigenvalue weighted by molar-refractivity contribution is 0.973. The summed E-state index contributed by atoms with van der Waals surface area (Å²) >= 11 is 7.97. The van der Waals surface area contributed by atoms with Crippen LogP contribution >= 0.6 is 25.3 Å². The number of hydrogen-bond donors (Lipinski definition) is 3. The molecule has 38 valence electrons. The van der Waals surface area contributed by atoms with Gasteiger partial charge >= 0.3 is 0 Å². The molecule has 0 aliphatic carbocycles. The summed E-state index contributed by atoms with van der Waals surface area (Å²) in [6.07, 6.45) is 0. The minimum absolute atomic E-state index is 0.272. The molecule has 1 unspecified atom stereocenters. The second kappa shape index (κ2) is 3.84. The Hall–Kier alpha value is 0.660. The van der Waals surface area contributed by atoms with Gasteiger partial charge in [-0.05, 0) is 0 Å². The molecule has 1 atom stereocenters. The second-order valence-electron chi connectivity index (χ2n) is 1.07. The van der Waals surface area contributed by atoms with Gasteiger partial charge in [0.05, 0.1) is 0 Å². The Morgan fingerprint density at radius 2 is 2.17 bits per heavy atom.